The fraction of sp³-hybridized carbons (Fsp3) is 0.0952. The monoisotopic (exact) mass is 680 g/mol. The first-order valence-electron chi connectivity index (χ1n) is 16.3. The van der Waals surface area contributed by atoms with Crippen LogP contribution in [0.4, 0.5) is 0 Å². The van der Waals surface area contributed by atoms with E-state index in [9.17, 15) is 35.7 Å². The van der Waals surface area contributed by atoms with Gasteiger partial charge < -0.3 is 45.2 Å². The molecule has 6 aromatic carbocycles. The Morgan fingerprint density at radius 1 is 0.451 bits per heavy atom. The largest absolute Gasteiger partial charge is 0.508 e. The van der Waals surface area contributed by atoms with E-state index in [1.165, 1.54) is 6.07 Å². The lowest BCUT2D eigenvalue weighted by atomic mass is 9.79. The maximum Gasteiger partial charge on any atom is 0.165 e. The van der Waals surface area contributed by atoms with Crippen molar-refractivity contribution in [3.8, 4) is 51.7 Å². The van der Waals surface area contributed by atoms with Gasteiger partial charge in [0.25, 0.3) is 0 Å². The van der Waals surface area contributed by atoms with Gasteiger partial charge in [-0.3, -0.25) is 0 Å². The van der Waals surface area contributed by atoms with Gasteiger partial charge in [0.2, 0.25) is 0 Å². The van der Waals surface area contributed by atoms with E-state index in [0.717, 1.165) is 11.1 Å². The van der Waals surface area contributed by atoms with Gasteiger partial charge in [-0.2, -0.15) is 0 Å². The highest BCUT2D eigenvalue weighted by molar-refractivity contribution is 5.76. The topological polar surface area (TPSA) is 160 Å². The number of ether oxygens (including phenoxy) is 2. The Balaban J connectivity index is 1.32. The lowest BCUT2D eigenvalue weighted by molar-refractivity contribution is 0.214. The Hall–Kier alpha value is -6.74. The molecule has 2 aliphatic heterocycles. The number of aromatic hydroxyl groups is 7. The summed E-state index contributed by atoms with van der Waals surface area (Å²) in [5.74, 6) is -0.696. The summed E-state index contributed by atoms with van der Waals surface area (Å²) in [4.78, 5) is 0. The second-order valence-electron chi connectivity index (χ2n) is 12.8. The molecule has 9 heteroatoms. The van der Waals surface area contributed by atoms with Crippen LogP contribution in [0.5, 0.6) is 51.7 Å². The SMILES string of the molecule is Oc1ccc(/C=C\c2cc(O)cc3c2[C@H](c2cc(O)c4c(c2)[C@@H](c2cc(O)cc(O)c2)[C@H](c2ccc(O)cc2)O4)[C@@H](c2cccc(O)c2)O3)cc1. The van der Waals surface area contributed by atoms with Crippen molar-refractivity contribution in [3.05, 3.63) is 160 Å². The quantitative estimate of drug-likeness (QED) is 0.0858. The normalized spacial score (nSPS) is 19.0. The van der Waals surface area contributed by atoms with Crippen LogP contribution in [0.15, 0.2) is 115 Å². The molecule has 0 fully saturated rings. The summed E-state index contributed by atoms with van der Waals surface area (Å²) < 4.78 is 13.0. The van der Waals surface area contributed by atoms with E-state index in [1.807, 2.05) is 24.3 Å². The van der Waals surface area contributed by atoms with Gasteiger partial charge in [-0.15, -0.1) is 0 Å². The number of hydrogen-bond acceptors (Lipinski definition) is 9. The molecule has 8 rings (SSSR count). The Kier molecular flexibility index (Phi) is 7.60. The molecule has 0 radical (unpaired) electrons. The minimum atomic E-state index is -0.697. The molecule has 0 unspecified atom stereocenters. The third kappa shape index (κ3) is 5.84. The summed E-state index contributed by atoms with van der Waals surface area (Å²) >= 11 is 0. The first-order chi connectivity index (χ1) is 24.6. The summed E-state index contributed by atoms with van der Waals surface area (Å²) in [5.41, 5.74) is 5.34. The molecule has 0 bridgehead atoms. The van der Waals surface area contributed by atoms with Crippen molar-refractivity contribution in [3.63, 3.8) is 0 Å². The zero-order valence-corrected chi connectivity index (χ0v) is 26.9. The molecule has 0 aromatic heterocycles. The predicted octanol–water partition coefficient (Wildman–Crippen LogP) is 8.33. The van der Waals surface area contributed by atoms with Crippen LogP contribution in [-0.4, -0.2) is 35.7 Å². The summed E-state index contributed by atoms with van der Waals surface area (Å²) in [6, 6.07) is 31.0. The molecule has 6 aromatic rings. The average Bonchev–Trinajstić information content (AvgIpc) is 3.67. The maximum atomic E-state index is 11.7. The molecule has 0 spiro atoms. The lowest BCUT2D eigenvalue weighted by Crippen LogP contribution is -2.13. The van der Waals surface area contributed by atoms with Crippen LogP contribution < -0.4 is 9.47 Å². The molecule has 254 valence electrons. The van der Waals surface area contributed by atoms with Crippen molar-refractivity contribution in [1.82, 2.24) is 0 Å². The molecule has 7 N–H and O–H groups in total. The minimum Gasteiger partial charge on any atom is -0.508 e. The van der Waals surface area contributed by atoms with E-state index in [-0.39, 0.29) is 46.0 Å². The van der Waals surface area contributed by atoms with Gasteiger partial charge in [-0.1, -0.05) is 54.6 Å². The Morgan fingerprint density at radius 2 is 1.08 bits per heavy atom. The van der Waals surface area contributed by atoms with E-state index in [1.54, 1.807) is 97.1 Å². The number of rotatable bonds is 6. The Labute approximate surface area is 292 Å². The number of hydrogen-bond donors (Lipinski definition) is 7. The standard InChI is InChI=1S/C42H32O9/c43-28-10-5-22(6-11-28)4-7-24-14-33(48)21-36-38(24)39(41(50-36)25-2-1-3-30(45)15-25)27-18-34-37(26-16-31(46)20-32(47)17-26)40(51-42(34)35(49)19-27)23-8-12-29(44)13-9-23/h1-21,37,39-41,43-49H/b7-4-/t37-,39+,40+,41-/m1/s1. The molecule has 0 saturated heterocycles. The highest BCUT2D eigenvalue weighted by Gasteiger charge is 2.43. The summed E-state index contributed by atoms with van der Waals surface area (Å²) in [6.45, 7) is 0. The highest BCUT2D eigenvalue weighted by Crippen LogP contribution is 2.58. The number of fused-ring (bicyclic) bond motifs is 2. The zero-order chi connectivity index (χ0) is 35.4. The van der Waals surface area contributed by atoms with Crippen LogP contribution >= 0.6 is 0 Å². The summed E-state index contributed by atoms with van der Waals surface area (Å²) in [7, 11) is 0. The smallest absolute Gasteiger partial charge is 0.165 e. The molecule has 4 atom stereocenters. The molecule has 2 heterocycles. The fourth-order valence-corrected chi connectivity index (χ4v) is 7.26. The van der Waals surface area contributed by atoms with Gasteiger partial charge in [-0.25, -0.2) is 0 Å². The van der Waals surface area contributed by atoms with Crippen LogP contribution in [0.2, 0.25) is 0 Å². The molecular weight excluding hydrogens is 648 g/mol. The molecule has 0 amide bonds. The second-order valence-corrected chi connectivity index (χ2v) is 12.8. The van der Waals surface area contributed by atoms with Crippen LogP contribution in [0, 0.1) is 0 Å². The second kappa shape index (κ2) is 12.3. The van der Waals surface area contributed by atoms with Gasteiger partial charge in [0.15, 0.2) is 11.5 Å². The van der Waals surface area contributed by atoms with Crippen molar-refractivity contribution in [2.75, 3.05) is 0 Å². The molecule has 9 nitrogen and oxygen atoms in total. The van der Waals surface area contributed by atoms with Gasteiger partial charge in [0.05, 0.1) is 11.8 Å². The average molecular weight is 681 g/mol. The van der Waals surface area contributed by atoms with Gasteiger partial charge >= 0.3 is 0 Å². The fourth-order valence-electron chi connectivity index (χ4n) is 7.26. The summed E-state index contributed by atoms with van der Waals surface area (Å²) in [6.07, 6.45) is 2.32. The van der Waals surface area contributed by atoms with E-state index in [2.05, 4.69) is 0 Å². The number of benzene rings is 6. The lowest BCUT2D eigenvalue weighted by Gasteiger charge is -2.23. The van der Waals surface area contributed by atoms with E-state index in [0.29, 0.717) is 39.1 Å². The maximum absolute atomic E-state index is 11.7. The van der Waals surface area contributed by atoms with Crippen LogP contribution in [0.3, 0.4) is 0 Å². The van der Waals surface area contributed by atoms with Crippen molar-refractivity contribution in [2.45, 2.75) is 24.0 Å². The van der Waals surface area contributed by atoms with E-state index < -0.39 is 24.0 Å². The third-order valence-electron chi connectivity index (χ3n) is 9.44. The van der Waals surface area contributed by atoms with Crippen molar-refractivity contribution >= 4 is 12.2 Å². The molecule has 2 aliphatic rings. The predicted molar refractivity (Wildman–Crippen MR) is 190 cm³/mol. The first kappa shape index (κ1) is 31.5. The van der Waals surface area contributed by atoms with Gasteiger partial charge in [0.1, 0.15) is 52.5 Å². The summed E-state index contributed by atoms with van der Waals surface area (Å²) in [5, 5.41) is 73.7. The molecule has 0 aliphatic carbocycles. The molecule has 0 saturated carbocycles. The molecule has 51 heavy (non-hydrogen) atoms. The third-order valence-corrected chi connectivity index (χ3v) is 9.44. The van der Waals surface area contributed by atoms with Gasteiger partial charge in [0, 0.05) is 23.3 Å². The highest BCUT2D eigenvalue weighted by atomic mass is 16.5. The minimum absolute atomic E-state index is 0.0138. The number of phenols is 7. The van der Waals surface area contributed by atoms with Crippen molar-refractivity contribution < 1.29 is 45.2 Å². The van der Waals surface area contributed by atoms with E-state index >= 15 is 0 Å². The van der Waals surface area contributed by atoms with Crippen molar-refractivity contribution in [1.29, 1.82) is 0 Å². The number of phenolic OH excluding ortho intramolecular Hbond substituents is 7. The van der Waals surface area contributed by atoms with Crippen LogP contribution in [0.1, 0.15) is 68.6 Å². The van der Waals surface area contributed by atoms with E-state index in [4.69, 9.17) is 9.47 Å². The first-order valence-corrected chi connectivity index (χ1v) is 16.3. The Bertz CT molecular complexity index is 2290. The Morgan fingerprint density at radius 3 is 1.78 bits per heavy atom. The van der Waals surface area contributed by atoms with Crippen LogP contribution in [-0.2, 0) is 0 Å². The van der Waals surface area contributed by atoms with Crippen molar-refractivity contribution in [2.24, 2.45) is 0 Å². The molecular formula is C42H32O9. The van der Waals surface area contributed by atoms with Crippen LogP contribution in [0.25, 0.3) is 12.2 Å². The van der Waals surface area contributed by atoms with Gasteiger partial charge in [-0.05, 0) is 94.0 Å². The zero-order valence-electron chi connectivity index (χ0n) is 26.9.